The van der Waals surface area contributed by atoms with E-state index in [0.29, 0.717) is 6.42 Å². The summed E-state index contributed by atoms with van der Waals surface area (Å²) in [6, 6.07) is 7.95. The van der Waals surface area contributed by atoms with Gasteiger partial charge in [0, 0.05) is 6.42 Å². The van der Waals surface area contributed by atoms with E-state index < -0.39 is 10.0 Å². The lowest BCUT2D eigenvalue weighted by molar-refractivity contribution is -0.116. The molecule has 1 aromatic heterocycles. The van der Waals surface area contributed by atoms with E-state index in [1.54, 1.807) is 18.2 Å². The average molecular weight is 326 g/mol. The van der Waals surface area contributed by atoms with E-state index in [1.165, 1.54) is 12.1 Å². The summed E-state index contributed by atoms with van der Waals surface area (Å²) in [7, 11) is -3.69. The van der Waals surface area contributed by atoms with Gasteiger partial charge in [0.1, 0.15) is 0 Å². The summed E-state index contributed by atoms with van der Waals surface area (Å²) in [6.45, 7) is 1.89. The van der Waals surface area contributed by atoms with E-state index in [1.807, 2.05) is 6.92 Å². The Hall–Kier alpha value is -2.00. The molecule has 2 aromatic rings. The first-order chi connectivity index (χ1) is 10.0. The van der Waals surface area contributed by atoms with Crippen molar-refractivity contribution in [1.29, 1.82) is 0 Å². The number of amides is 1. The first-order valence-corrected chi connectivity index (χ1v) is 8.52. The predicted octanol–water partition coefficient (Wildman–Crippen LogP) is 2.08. The Balaban J connectivity index is 2.07. The second kappa shape index (κ2) is 6.64. The highest BCUT2D eigenvalue weighted by Gasteiger charge is 2.16. The predicted molar refractivity (Wildman–Crippen MR) is 80.7 cm³/mol. The van der Waals surface area contributed by atoms with Gasteiger partial charge in [-0.05, 0) is 18.6 Å². The smallest absolute Gasteiger partial charge is 0.263 e. The molecule has 7 nitrogen and oxygen atoms in total. The highest BCUT2D eigenvalue weighted by molar-refractivity contribution is 7.93. The van der Waals surface area contributed by atoms with E-state index >= 15 is 0 Å². The van der Waals surface area contributed by atoms with Crippen LogP contribution in [0.2, 0.25) is 0 Å². The number of sulfonamides is 1. The van der Waals surface area contributed by atoms with Crippen LogP contribution in [0.15, 0.2) is 35.2 Å². The van der Waals surface area contributed by atoms with Gasteiger partial charge in [-0.25, -0.2) is 8.42 Å². The molecular formula is C12H14N4O3S2. The van der Waals surface area contributed by atoms with Gasteiger partial charge in [0.25, 0.3) is 10.0 Å². The van der Waals surface area contributed by atoms with Gasteiger partial charge in [0.05, 0.1) is 4.90 Å². The van der Waals surface area contributed by atoms with E-state index in [-0.39, 0.29) is 21.1 Å². The van der Waals surface area contributed by atoms with Crippen molar-refractivity contribution in [1.82, 2.24) is 10.2 Å². The summed E-state index contributed by atoms with van der Waals surface area (Å²) in [6.07, 6.45) is 1.10. The van der Waals surface area contributed by atoms with Crippen molar-refractivity contribution < 1.29 is 13.2 Å². The monoisotopic (exact) mass is 326 g/mol. The number of rotatable bonds is 6. The third kappa shape index (κ3) is 4.23. The molecule has 21 heavy (non-hydrogen) atoms. The maximum absolute atomic E-state index is 12.1. The van der Waals surface area contributed by atoms with Crippen molar-refractivity contribution in [2.75, 3.05) is 10.0 Å². The van der Waals surface area contributed by atoms with Crippen LogP contribution in [0, 0.1) is 0 Å². The van der Waals surface area contributed by atoms with Crippen molar-refractivity contribution in [3.63, 3.8) is 0 Å². The number of carbonyl (C=O) groups excluding carboxylic acids is 1. The average Bonchev–Trinajstić information content (AvgIpc) is 2.86. The van der Waals surface area contributed by atoms with Gasteiger partial charge in [-0.3, -0.25) is 9.52 Å². The molecule has 0 saturated carbocycles. The molecule has 0 aliphatic heterocycles. The lowest BCUT2D eigenvalue weighted by Crippen LogP contribution is -2.12. The summed E-state index contributed by atoms with van der Waals surface area (Å²) in [5.74, 6) is -0.175. The molecule has 0 atom stereocenters. The van der Waals surface area contributed by atoms with Crippen LogP contribution in [0.4, 0.5) is 10.3 Å². The van der Waals surface area contributed by atoms with E-state index in [0.717, 1.165) is 17.8 Å². The van der Waals surface area contributed by atoms with E-state index in [9.17, 15) is 13.2 Å². The van der Waals surface area contributed by atoms with Gasteiger partial charge < -0.3 is 5.32 Å². The molecule has 1 amide bonds. The summed E-state index contributed by atoms with van der Waals surface area (Å²) in [5, 5.41) is 10.4. The molecule has 0 aliphatic carbocycles. The van der Waals surface area contributed by atoms with Crippen LogP contribution in [-0.4, -0.2) is 24.5 Å². The molecule has 2 rings (SSSR count). The maximum Gasteiger partial charge on any atom is 0.263 e. The third-order valence-corrected chi connectivity index (χ3v) is 4.66. The lowest BCUT2D eigenvalue weighted by Gasteiger charge is -2.03. The van der Waals surface area contributed by atoms with Crippen molar-refractivity contribution in [3.8, 4) is 0 Å². The Morgan fingerprint density at radius 2 is 1.86 bits per heavy atom. The first-order valence-electron chi connectivity index (χ1n) is 6.22. The molecule has 0 fully saturated rings. The topological polar surface area (TPSA) is 101 Å². The second-order valence-corrected chi connectivity index (χ2v) is 6.79. The fourth-order valence-electron chi connectivity index (χ4n) is 1.50. The maximum atomic E-state index is 12.1. The summed E-state index contributed by atoms with van der Waals surface area (Å²) < 4.78 is 26.5. The minimum absolute atomic E-state index is 0.102. The minimum atomic E-state index is -3.69. The second-order valence-electron chi connectivity index (χ2n) is 4.13. The van der Waals surface area contributed by atoms with Crippen LogP contribution in [0.3, 0.4) is 0 Å². The Bertz CT molecular complexity index is 713. The number of aromatic nitrogens is 2. The SMILES string of the molecule is CCCC(=O)Nc1nnc(NS(=O)(=O)c2ccccc2)s1. The fourth-order valence-corrected chi connectivity index (χ4v) is 3.41. The summed E-state index contributed by atoms with van der Waals surface area (Å²) >= 11 is 0.964. The number of benzene rings is 1. The Labute approximate surface area is 126 Å². The van der Waals surface area contributed by atoms with E-state index in [4.69, 9.17) is 0 Å². The zero-order valence-electron chi connectivity index (χ0n) is 11.2. The van der Waals surface area contributed by atoms with Gasteiger partial charge in [-0.1, -0.05) is 36.5 Å². The van der Waals surface area contributed by atoms with Gasteiger partial charge in [0.15, 0.2) is 0 Å². The molecule has 1 aromatic carbocycles. The van der Waals surface area contributed by atoms with Crippen LogP contribution in [-0.2, 0) is 14.8 Å². The molecule has 9 heteroatoms. The Morgan fingerprint density at radius 1 is 1.19 bits per heavy atom. The molecule has 0 aliphatic rings. The molecular weight excluding hydrogens is 312 g/mol. The van der Waals surface area contributed by atoms with E-state index in [2.05, 4.69) is 20.2 Å². The minimum Gasteiger partial charge on any atom is -0.300 e. The highest BCUT2D eigenvalue weighted by atomic mass is 32.2. The summed E-state index contributed by atoms with van der Waals surface area (Å²) in [4.78, 5) is 11.6. The number of nitrogens with one attached hydrogen (secondary N) is 2. The lowest BCUT2D eigenvalue weighted by atomic mass is 10.3. The zero-order chi connectivity index (χ0) is 15.3. The zero-order valence-corrected chi connectivity index (χ0v) is 12.9. The molecule has 1 heterocycles. The number of hydrogen-bond donors (Lipinski definition) is 2. The van der Waals surface area contributed by atoms with Gasteiger partial charge in [-0.15, -0.1) is 10.2 Å². The summed E-state index contributed by atoms with van der Waals surface area (Å²) in [5.41, 5.74) is 0. The molecule has 0 unspecified atom stereocenters. The highest BCUT2D eigenvalue weighted by Crippen LogP contribution is 2.23. The first kappa shape index (κ1) is 15.4. The van der Waals surface area contributed by atoms with Crippen LogP contribution in [0.1, 0.15) is 19.8 Å². The molecule has 2 N–H and O–H groups in total. The Kier molecular flexibility index (Phi) is 4.86. The molecule has 0 spiro atoms. The van der Waals surface area contributed by atoms with Gasteiger partial charge in [-0.2, -0.15) is 0 Å². The quantitative estimate of drug-likeness (QED) is 0.846. The van der Waals surface area contributed by atoms with Crippen molar-refractivity contribution >= 4 is 37.5 Å². The number of hydrogen-bond acceptors (Lipinski definition) is 6. The largest absolute Gasteiger partial charge is 0.300 e. The standard InChI is InChI=1S/C12H14N4O3S2/c1-2-6-10(17)13-11-14-15-12(20-11)16-21(18,19)9-7-4-3-5-8-9/h3-5,7-8H,2,6H2,1H3,(H,15,16)(H,13,14,17). The number of carbonyl (C=O) groups is 1. The molecule has 0 saturated heterocycles. The van der Waals surface area contributed by atoms with Crippen molar-refractivity contribution in [3.05, 3.63) is 30.3 Å². The third-order valence-electron chi connectivity index (χ3n) is 2.42. The van der Waals surface area contributed by atoms with Crippen LogP contribution >= 0.6 is 11.3 Å². The van der Waals surface area contributed by atoms with Gasteiger partial charge in [0.2, 0.25) is 16.2 Å². The van der Waals surface area contributed by atoms with Crippen molar-refractivity contribution in [2.45, 2.75) is 24.7 Å². The van der Waals surface area contributed by atoms with Gasteiger partial charge >= 0.3 is 0 Å². The Morgan fingerprint density at radius 3 is 2.52 bits per heavy atom. The number of nitrogens with zero attached hydrogens (tertiary/aromatic N) is 2. The molecule has 0 radical (unpaired) electrons. The molecule has 112 valence electrons. The van der Waals surface area contributed by atoms with Crippen molar-refractivity contribution in [2.24, 2.45) is 0 Å². The van der Waals surface area contributed by atoms with Crippen LogP contribution in [0.5, 0.6) is 0 Å². The molecule has 0 bridgehead atoms. The normalized spacial score (nSPS) is 11.1. The van der Waals surface area contributed by atoms with Crippen LogP contribution < -0.4 is 10.0 Å². The number of anilines is 2. The van der Waals surface area contributed by atoms with Crippen LogP contribution in [0.25, 0.3) is 0 Å². The fraction of sp³-hybridized carbons (Fsp3) is 0.250.